The number of aryl methyl sites for hydroxylation is 3. The highest BCUT2D eigenvalue weighted by atomic mass is 35.5. The van der Waals surface area contributed by atoms with Crippen LogP contribution < -0.4 is 19.1 Å². The SMILES string of the molecule is COc1ccc([C@@H]2[C@H](Oc3ccc(Cl)cc3C)C(=O)N2c2ccc(C)c(C)c2)cc1OC. The second-order valence-electron chi connectivity index (χ2n) is 7.98. The van der Waals surface area contributed by atoms with Crippen LogP contribution in [0.1, 0.15) is 28.3 Å². The number of carbonyl (C=O) groups excluding carboxylic acids is 1. The smallest absolute Gasteiger partial charge is 0.271 e. The molecule has 3 aromatic rings. The summed E-state index contributed by atoms with van der Waals surface area (Å²) in [4.78, 5) is 15.1. The zero-order chi connectivity index (χ0) is 23.0. The number of ether oxygens (including phenoxy) is 3. The maximum absolute atomic E-state index is 13.3. The van der Waals surface area contributed by atoms with Gasteiger partial charge in [-0.3, -0.25) is 9.69 Å². The Morgan fingerprint density at radius 2 is 1.50 bits per heavy atom. The third-order valence-corrected chi connectivity index (χ3v) is 6.19. The molecule has 0 radical (unpaired) electrons. The van der Waals surface area contributed by atoms with E-state index in [1.54, 1.807) is 31.3 Å². The van der Waals surface area contributed by atoms with E-state index in [0.717, 1.165) is 22.4 Å². The average Bonchev–Trinajstić information content (AvgIpc) is 2.78. The summed E-state index contributed by atoms with van der Waals surface area (Å²) < 4.78 is 17.1. The lowest BCUT2D eigenvalue weighted by Gasteiger charge is -2.47. The normalized spacial score (nSPS) is 17.7. The van der Waals surface area contributed by atoms with Crippen molar-refractivity contribution in [1.29, 1.82) is 0 Å². The number of halogens is 1. The fraction of sp³-hybridized carbons (Fsp3) is 0.269. The van der Waals surface area contributed by atoms with Gasteiger partial charge in [0.15, 0.2) is 11.5 Å². The van der Waals surface area contributed by atoms with Gasteiger partial charge in [0.2, 0.25) is 6.10 Å². The molecule has 6 heteroatoms. The zero-order valence-corrected chi connectivity index (χ0v) is 19.6. The van der Waals surface area contributed by atoms with Gasteiger partial charge in [-0.1, -0.05) is 23.7 Å². The highest BCUT2D eigenvalue weighted by Gasteiger charge is 2.51. The van der Waals surface area contributed by atoms with Crippen LogP contribution in [-0.2, 0) is 4.79 Å². The molecule has 0 aromatic heterocycles. The van der Waals surface area contributed by atoms with Gasteiger partial charge in [0, 0.05) is 10.7 Å². The maximum Gasteiger partial charge on any atom is 0.271 e. The van der Waals surface area contributed by atoms with Gasteiger partial charge in [-0.25, -0.2) is 0 Å². The van der Waals surface area contributed by atoms with E-state index in [1.165, 1.54) is 5.56 Å². The lowest BCUT2D eigenvalue weighted by atomic mass is 9.89. The summed E-state index contributed by atoms with van der Waals surface area (Å²) in [6.07, 6.45) is -0.672. The van der Waals surface area contributed by atoms with Crippen molar-refractivity contribution < 1.29 is 19.0 Å². The van der Waals surface area contributed by atoms with E-state index < -0.39 is 6.10 Å². The largest absolute Gasteiger partial charge is 0.493 e. The van der Waals surface area contributed by atoms with Crippen LogP contribution in [0.25, 0.3) is 0 Å². The number of benzene rings is 3. The van der Waals surface area contributed by atoms with Crippen LogP contribution in [0.3, 0.4) is 0 Å². The summed E-state index contributed by atoms with van der Waals surface area (Å²) in [7, 11) is 3.20. The molecule has 0 spiro atoms. The first-order valence-electron chi connectivity index (χ1n) is 10.4. The minimum atomic E-state index is -0.672. The van der Waals surface area contributed by atoms with Crippen molar-refractivity contribution in [2.45, 2.75) is 32.9 Å². The molecule has 1 fully saturated rings. The first-order chi connectivity index (χ1) is 15.3. The Labute approximate surface area is 193 Å². The van der Waals surface area contributed by atoms with Crippen LogP contribution in [0.2, 0.25) is 5.02 Å². The van der Waals surface area contributed by atoms with E-state index in [2.05, 4.69) is 6.92 Å². The number of nitrogens with zero attached hydrogens (tertiary/aromatic N) is 1. The Hall–Kier alpha value is -3.18. The Bertz CT molecular complexity index is 1180. The van der Waals surface area contributed by atoms with E-state index in [-0.39, 0.29) is 11.9 Å². The Balaban J connectivity index is 1.76. The third-order valence-electron chi connectivity index (χ3n) is 5.95. The number of hydrogen-bond donors (Lipinski definition) is 0. The summed E-state index contributed by atoms with van der Waals surface area (Å²) in [6, 6.07) is 16.8. The third kappa shape index (κ3) is 3.89. The average molecular weight is 452 g/mol. The van der Waals surface area contributed by atoms with Gasteiger partial charge in [0.05, 0.1) is 14.2 Å². The van der Waals surface area contributed by atoms with Gasteiger partial charge >= 0.3 is 0 Å². The monoisotopic (exact) mass is 451 g/mol. The van der Waals surface area contributed by atoms with Crippen molar-refractivity contribution in [1.82, 2.24) is 0 Å². The molecule has 4 rings (SSSR count). The molecule has 0 unspecified atom stereocenters. The Kier molecular flexibility index (Phi) is 6.02. The van der Waals surface area contributed by atoms with Crippen molar-refractivity contribution in [3.05, 3.63) is 81.9 Å². The number of methoxy groups -OCH3 is 2. The molecule has 0 bridgehead atoms. The van der Waals surface area contributed by atoms with Crippen molar-refractivity contribution >= 4 is 23.2 Å². The second kappa shape index (κ2) is 8.75. The van der Waals surface area contributed by atoms with Crippen LogP contribution in [0.15, 0.2) is 54.6 Å². The van der Waals surface area contributed by atoms with Crippen molar-refractivity contribution in [2.75, 3.05) is 19.1 Å². The number of β-lactam (4-membered cyclic amide) rings is 1. The van der Waals surface area contributed by atoms with E-state index in [0.29, 0.717) is 22.3 Å². The van der Waals surface area contributed by atoms with E-state index in [1.807, 2.05) is 56.3 Å². The first-order valence-corrected chi connectivity index (χ1v) is 10.8. The second-order valence-corrected chi connectivity index (χ2v) is 8.42. The standard InChI is InChI=1S/C26H26ClNO4/c1-15-6-9-20(13-16(15)2)28-24(18-7-10-22(30-4)23(14-18)31-5)25(26(28)29)32-21-11-8-19(27)12-17(21)3/h6-14,24-25H,1-5H3/t24-,25+/m1/s1. The van der Waals surface area contributed by atoms with Gasteiger partial charge in [-0.05, 0) is 85.5 Å². The lowest BCUT2D eigenvalue weighted by molar-refractivity contribution is -0.135. The molecule has 0 saturated carbocycles. The van der Waals surface area contributed by atoms with Crippen LogP contribution in [-0.4, -0.2) is 26.2 Å². The predicted octanol–water partition coefficient (Wildman–Crippen LogP) is 5.82. The number of rotatable bonds is 6. The molecular weight excluding hydrogens is 426 g/mol. The number of amides is 1. The predicted molar refractivity (Wildman–Crippen MR) is 126 cm³/mol. The van der Waals surface area contributed by atoms with Gasteiger partial charge in [0.25, 0.3) is 5.91 Å². The molecule has 3 aromatic carbocycles. The number of hydrogen-bond acceptors (Lipinski definition) is 4. The molecule has 0 N–H and O–H groups in total. The maximum atomic E-state index is 13.3. The van der Waals surface area contributed by atoms with Crippen LogP contribution in [0.5, 0.6) is 17.2 Å². The number of anilines is 1. The van der Waals surface area contributed by atoms with Crippen LogP contribution in [0.4, 0.5) is 5.69 Å². The molecule has 166 valence electrons. The molecule has 2 atom stereocenters. The minimum Gasteiger partial charge on any atom is -0.493 e. The fourth-order valence-electron chi connectivity index (χ4n) is 3.98. The van der Waals surface area contributed by atoms with E-state index in [4.69, 9.17) is 25.8 Å². The molecule has 0 aliphatic carbocycles. The van der Waals surface area contributed by atoms with Gasteiger partial charge < -0.3 is 14.2 Å². The van der Waals surface area contributed by atoms with Gasteiger partial charge in [0.1, 0.15) is 11.8 Å². The summed E-state index contributed by atoms with van der Waals surface area (Å²) in [5, 5.41) is 0.628. The van der Waals surface area contributed by atoms with E-state index in [9.17, 15) is 4.79 Å². The molecule has 1 aliphatic heterocycles. The Morgan fingerprint density at radius 1 is 0.781 bits per heavy atom. The van der Waals surface area contributed by atoms with Gasteiger partial charge in [-0.2, -0.15) is 0 Å². The zero-order valence-electron chi connectivity index (χ0n) is 18.8. The quantitative estimate of drug-likeness (QED) is 0.443. The first kappa shape index (κ1) is 22.0. The summed E-state index contributed by atoms with van der Waals surface area (Å²) >= 11 is 6.09. The molecule has 1 saturated heterocycles. The van der Waals surface area contributed by atoms with Crippen LogP contribution >= 0.6 is 11.6 Å². The minimum absolute atomic E-state index is 0.0950. The molecule has 1 aliphatic rings. The highest BCUT2D eigenvalue weighted by molar-refractivity contribution is 6.30. The summed E-state index contributed by atoms with van der Waals surface area (Å²) in [5.41, 5.74) is 4.91. The Morgan fingerprint density at radius 3 is 2.16 bits per heavy atom. The number of carbonyl (C=O) groups is 1. The van der Waals surface area contributed by atoms with Crippen molar-refractivity contribution in [3.8, 4) is 17.2 Å². The highest BCUT2D eigenvalue weighted by Crippen LogP contribution is 2.44. The molecule has 5 nitrogen and oxygen atoms in total. The molecular formula is C26H26ClNO4. The van der Waals surface area contributed by atoms with E-state index >= 15 is 0 Å². The van der Waals surface area contributed by atoms with Crippen molar-refractivity contribution in [3.63, 3.8) is 0 Å². The van der Waals surface area contributed by atoms with Crippen LogP contribution in [0, 0.1) is 20.8 Å². The topological polar surface area (TPSA) is 48.0 Å². The fourth-order valence-corrected chi connectivity index (χ4v) is 4.21. The lowest BCUT2D eigenvalue weighted by Crippen LogP contribution is -2.61. The molecule has 32 heavy (non-hydrogen) atoms. The van der Waals surface area contributed by atoms with Gasteiger partial charge in [-0.15, -0.1) is 0 Å². The summed E-state index contributed by atoms with van der Waals surface area (Å²) in [5.74, 6) is 1.77. The summed E-state index contributed by atoms with van der Waals surface area (Å²) in [6.45, 7) is 6.01. The molecule has 1 heterocycles. The van der Waals surface area contributed by atoms with Crippen molar-refractivity contribution in [2.24, 2.45) is 0 Å². The molecule has 1 amide bonds.